The molecule has 2 rings (SSSR count). The maximum atomic E-state index is 10.2. The van der Waals surface area contributed by atoms with Crippen molar-refractivity contribution in [1.82, 2.24) is 0 Å². The molecule has 0 spiro atoms. The average molecular weight is 289 g/mol. The van der Waals surface area contributed by atoms with E-state index in [0.29, 0.717) is 15.6 Å². The molecule has 2 unspecified atom stereocenters. The second kappa shape index (κ2) is 6.25. The quantitative estimate of drug-likeness (QED) is 0.884. The Labute approximate surface area is 118 Å². The summed E-state index contributed by atoms with van der Waals surface area (Å²) in [5, 5.41) is 21.3. The van der Waals surface area contributed by atoms with E-state index < -0.39 is 12.2 Å². The van der Waals surface area contributed by atoms with Crippen LogP contribution >= 0.6 is 23.2 Å². The number of benzene rings is 1. The molecule has 0 saturated heterocycles. The van der Waals surface area contributed by atoms with Gasteiger partial charge in [0.25, 0.3) is 0 Å². The molecule has 0 heterocycles. The Balaban J connectivity index is 2.09. The highest BCUT2D eigenvalue weighted by atomic mass is 35.5. The van der Waals surface area contributed by atoms with Crippen molar-refractivity contribution in [2.75, 3.05) is 0 Å². The molecule has 0 bridgehead atoms. The maximum absolute atomic E-state index is 10.2. The average Bonchev–Trinajstić information content (AvgIpc) is 2.41. The van der Waals surface area contributed by atoms with Gasteiger partial charge in [0, 0.05) is 0 Å². The highest BCUT2D eigenvalue weighted by molar-refractivity contribution is 6.42. The van der Waals surface area contributed by atoms with Crippen molar-refractivity contribution in [3.05, 3.63) is 33.8 Å². The molecule has 2 nitrogen and oxygen atoms in total. The number of hydrogen-bond donors (Lipinski definition) is 2. The topological polar surface area (TPSA) is 40.5 Å². The van der Waals surface area contributed by atoms with Crippen LogP contribution in [0.25, 0.3) is 0 Å². The van der Waals surface area contributed by atoms with Gasteiger partial charge in [0.05, 0.1) is 16.1 Å². The van der Waals surface area contributed by atoms with E-state index >= 15 is 0 Å². The van der Waals surface area contributed by atoms with Crippen LogP contribution in [0.4, 0.5) is 0 Å². The molecule has 0 aromatic heterocycles. The summed E-state index contributed by atoms with van der Waals surface area (Å²) in [6.45, 7) is 0. The van der Waals surface area contributed by atoms with Crippen molar-refractivity contribution >= 4 is 23.2 Å². The van der Waals surface area contributed by atoms with E-state index in [0.717, 1.165) is 25.7 Å². The number of aliphatic hydroxyl groups is 2. The van der Waals surface area contributed by atoms with Crippen molar-refractivity contribution in [3.8, 4) is 0 Å². The third kappa shape index (κ3) is 3.18. The summed E-state index contributed by atoms with van der Waals surface area (Å²) in [6, 6.07) is 4.99. The molecule has 0 radical (unpaired) electrons. The van der Waals surface area contributed by atoms with E-state index in [1.54, 1.807) is 18.2 Å². The first-order valence-corrected chi connectivity index (χ1v) is 7.16. The Bertz CT molecular complexity index is 403. The minimum absolute atomic E-state index is 0.184. The lowest BCUT2D eigenvalue weighted by atomic mass is 9.82. The molecule has 1 aliphatic rings. The smallest absolute Gasteiger partial charge is 0.105 e. The van der Waals surface area contributed by atoms with E-state index in [2.05, 4.69) is 0 Å². The number of aliphatic hydroxyl groups excluding tert-OH is 2. The lowest BCUT2D eigenvalue weighted by molar-refractivity contribution is -0.0285. The molecule has 1 aromatic rings. The van der Waals surface area contributed by atoms with Gasteiger partial charge in [-0.25, -0.2) is 0 Å². The van der Waals surface area contributed by atoms with Gasteiger partial charge in [-0.15, -0.1) is 0 Å². The first kappa shape index (κ1) is 14.1. The van der Waals surface area contributed by atoms with Gasteiger partial charge in [-0.2, -0.15) is 0 Å². The summed E-state index contributed by atoms with van der Waals surface area (Å²) in [4.78, 5) is 0. The standard InChI is InChI=1S/C14H18Cl2O2/c15-11-7-6-10(8-12(11)16)14(18)13(17)9-4-2-1-3-5-9/h6-9,13-14,17-18H,1-5H2. The lowest BCUT2D eigenvalue weighted by Gasteiger charge is -2.30. The molecule has 18 heavy (non-hydrogen) atoms. The van der Waals surface area contributed by atoms with Crippen molar-refractivity contribution < 1.29 is 10.2 Å². The fourth-order valence-corrected chi connectivity index (χ4v) is 2.93. The van der Waals surface area contributed by atoms with Gasteiger partial charge in [0.1, 0.15) is 6.10 Å². The molecule has 1 saturated carbocycles. The van der Waals surface area contributed by atoms with Gasteiger partial charge in [0.2, 0.25) is 0 Å². The van der Waals surface area contributed by atoms with Gasteiger partial charge in [-0.3, -0.25) is 0 Å². The summed E-state index contributed by atoms with van der Waals surface area (Å²) in [6.07, 6.45) is 3.86. The third-order valence-corrected chi connectivity index (χ3v) is 4.48. The first-order valence-electron chi connectivity index (χ1n) is 6.40. The maximum Gasteiger partial charge on any atom is 0.105 e. The van der Waals surface area contributed by atoms with Crippen LogP contribution in [0.1, 0.15) is 43.8 Å². The van der Waals surface area contributed by atoms with Crippen molar-refractivity contribution in [1.29, 1.82) is 0 Å². The van der Waals surface area contributed by atoms with Gasteiger partial charge in [0.15, 0.2) is 0 Å². The Morgan fingerprint density at radius 2 is 1.67 bits per heavy atom. The van der Waals surface area contributed by atoms with E-state index in [1.165, 1.54) is 6.42 Å². The van der Waals surface area contributed by atoms with Crippen LogP contribution in [0, 0.1) is 5.92 Å². The van der Waals surface area contributed by atoms with Crippen molar-refractivity contribution in [3.63, 3.8) is 0 Å². The Hall–Kier alpha value is -0.280. The normalized spacial score (nSPS) is 20.7. The van der Waals surface area contributed by atoms with Crippen molar-refractivity contribution in [2.24, 2.45) is 5.92 Å². The molecule has 0 aliphatic heterocycles. The predicted octanol–water partition coefficient (Wildman–Crippen LogP) is 3.97. The van der Waals surface area contributed by atoms with Crippen LogP contribution in [-0.4, -0.2) is 16.3 Å². The lowest BCUT2D eigenvalue weighted by Crippen LogP contribution is -2.29. The predicted molar refractivity (Wildman–Crippen MR) is 74.0 cm³/mol. The van der Waals surface area contributed by atoms with E-state index in [9.17, 15) is 10.2 Å². The van der Waals surface area contributed by atoms with E-state index in [1.807, 2.05) is 0 Å². The summed E-state index contributed by atoms with van der Waals surface area (Å²) in [5.74, 6) is 0.184. The molecule has 1 aliphatic carbocycles. The fourth-order valence-electron chi connectivity index (χ4n) is 2.63. The zero-order valence-corrected chi connectivity index (χ0v) is 11.7. The Morgan fingerprint density at radius 3 is 2.28 bits per heavy atom. The summed E-state index contributed by atoms with van der Waals surface area (Å²) >= 11 is 11.8. The van der Waals surface area contributed by atoms with Gasteiger partial charge in [-0.1, -0.05) is 48.5 Å². The second-order valence-electron chi connectivity index (χ2n) is 5.01. The van der Waals surface area contributed by atoms with Crippen LogP contribution in [0.2, 0.25) is 10.0 Å². The largest absolute Gasteiger partial charge is 0.390 e. The monoisotopic (exact) mass is 288 g/mol. The summed E-state index contributed by atoms with van der Waals surface area (Å²) < 4.78 is 0. The fraction of sp³-hybridized carbons (Fsp3) is 0.571. The van der Waals surface area contributed by atoms with Crippen LogP contribution in [0.15, 0.2) is 18.2 Å². The molecule has 1 fully saturated rings. The second-order valence-corrected chi connectivity index (χ2v) is 5.82. The van der Waals surface area contributed by atoms with Crippen LogP contribution < -0.4 is 0 Å². The van der Waals surface area contributed by atoms with E-state index in [4.69, 9.17) is 23.2 Å². The molecule has 0 amide bonds. The van der Waals surface area contributed by atoms with Crippen LogP contribution in [0.3, 0.4) is 0 Å². The highest BCUT2D eigenvalue weighted by Gasteiger charge is 2.28. The molecule has 4 heteroatoms. The van der Waals surface area contributed by atoms with E-state index in [-0.39, 0.29) is 5.92 Å². The molecule has 1 aromatic carbocycles. The van der Waals surface area contributed by atoms with Gasteiger partial charge >= 0.3 is 0 Å². The Morgan fingerprint density at radius 1 is 1.00 bits per heavy atom. The summed E-state index contributed by atoms with van der Waals surface area (Å²) in [7, 11) is 0. The summed E-state index contributed by atoms with van der Waals surface area (Å²) in [5.41, 5.74) is 0.627. The van der Waals surface area contributed by atoms with Crippen molar-refractivity contribution in [2.45, 2.75) is 44.3 Å². The molecule has 2 atom stereocenters. The van der Waals surface area contributed by atoms with Gasteiger partial charge in [-0.05, 0) is 36.5 Å². The highest BCUT2D eigenvalue weighted by Crippen LogP contribution is 2.34. The zero-order valence-electron chi connectivity index (χ0n) is 10.1. The molecule has 100 valence electrons. The SMILES string of the molecule is OC(c1ccc(Cl)c(Cl)c1)C(O)C1CCCCC1. The number of hydrogen-bond acceptors (Lipinski definition) is 2. The van der Waals surface area contributed by atoms with Crippen LogP contribution in [-0.2, 0) is 0 Å². The third-order valence-electron chi connectivity index (χ3n) is 3.74. The molecular weight excluding hydrogens is 271 g/mol. The first-order chi connectivity index (χ1) is 8.59. The molecular formula is C14H18Cl2O2. The van der Waals surface area contributed by atoms with Gasteiger partial charge < -0.3 is 10.2 Å². The minimum atomic E-state index is -0.886. The minimum Gasteiger partial charge on any atom is -0.390 e. The Kier molecular flexibility index (Phi) is 4.91. The van der Waals surface area contributed by atoms with Crippen LogP contribution in [0.5, 0.6) is 0 Å². The molecule has 2 N–H and O–H groups in total. The zero-order chi connectivity index (χ0) is 13.1. The number of halogens is 2. The number of rotatable bonds is 3.